The van der Waals surface area contributed by atoms with Gasteiger partial charge in [-0.15, -0.1) is 11.3 Å². The molecule has 0 spiro atoms. The number of nitrogens with zero attached hydrogens (tertiary/aromatic N) is 2. The lowest BCUT2D eigenvalue weighted by Crippen LogP contribution is -2.26. The van der Waals surface area contributed by atoms with Crippen molar-refractivity contribution in [1.82, 2.24) is 15.2 Å². The standard InChI is InChI=1S/C19H23F2N3OS/c1-13-17(18(25)22-8-2-3-9-24-10-4-5-11-24)26-19(23-13)14-6-7-15(20)16(21)12-14/h6-7,12H,2-5,8-11H2,1H3,(H,22,25). The van der Waals surface area contributed by atoms with Crippen LogP contribution in [0.5, 0.6) is 0 Å². The minimum Gasteiger partial charge on any atom is -0.351 e. The van der Waals surface area contributed by atoms with E-state index in [1.54, 1.807) is 6.92 Å². The van der Waals surface area contributed by atoms with E-state index in [0.29, 0.717) is 27.7 Å². The largest absolute Gasteiger partial charge is 0.351 e. The van der Waals surface area contributed by atoms with Gasteiger partial charge in [0.1, 0.15) is 9.88 Å². The number of unbranched alkanes of at least 4 members (excludes halogenated alkanes) is 1. The monoisotopic (exact) mass is 379 g/mol. The number of thiazole rings is 1. The summed E-state index contributed by atoms with van der Waals surface area (Å²) >= 11 is 1.20. The number of carbonyl (C=O) groups excluding carboxylic acids is 1. The van der Waals surface area contributed by atoms with E-state index in [1.165, 1.54) is 43.3 Å². The highest BCUT2D eigenvalue weighted by Gasteiger charge is 2.17. The van der Waals surface area contributed by atoms with Crippen LogP contribution in [0, 0.1) is 18.6 Å². The summed E-state index contributed by atoms with van der Waals surface area (Å²) in [7, 11) is 0. The van der Waals surface area contributed by atoms with E-state index in [2.05, 4.69) is 15.2 Å². The molecule has 7 heteroatoms. The lowest BCUT2D eigenvalue weighted by atomic mass is 10.2. The van der Waals surface area contributed by atoms with Gasteiger partial charge in [-0.1, -0.05) is 0 Å². The van der Waals surface area contributed by atoms with Crippen molar-refractivity contribution in [3.63, 3.8) is 0 Å². The van der Waals surface area contributed by atoms with Gasteiger partial charge in [-0.3, -0.25) is 4.79 Å². The summed E-state index contributed by atoms with van der Waals surface area (Å²) in [5.74, 6) is -1.97. The van der Waals surface area contributed by atoms with Gasteiger partial charge < -0.3 is 10.2 Å². The third-order valence-corrected chi connectivity index (χ3v) is 5.76. The molecule has 1 saturated heterocycles. The first kappa shape index (κ1) is 18.9. The van der Waals surface area contributed by atoms with Crippen molar-refractivity contribution in [3.05, 3.63) is 40.4 Å². The molecule has 3 rings (SSSR count). The first-order chi connectivity index (χ1) is 12.5. The van der Waals surface area contributed by atoms with Crippen LogP contribution >= 0.6 is 11.3 Å². The second kappa shape index (κ2) is 8.68. The van der Waals surface area contributed by atoms with Crippen LogP contribution in [0.1, 0.15) is 41.0 Å². The third-order valence-electron chi connectivity index (χ3n) is 4.55. The average molecular weight is 379 g/mol. The Bertz CT molecular complexity index is 772. The molecular formula is C19H23F2N3OS. The first-order valence-corrected chi connectivity index (χ1v) is 9.79. The number of amides is 1. The van der Waals surface area contributed by atoms with E-state index in [4.69, 9.17) is 0 Å². The molecule has 26 heavy (non-hydrogen) atoms. The zero-order valence-corrected chi connectivity index (χ0v) is 15.7. The van der Waals surface area contributed by atoms with Crippen LogP contribution in [-0.2, 0) is 0 Å². The Morgan fingerprint density at radius 2 is 2.00 bits per heavy atom. The lowest BCUT2D eigenvalue weighted by Gasteiger charge is -2.13. The van der Waals surface area contributed by atoms with Gasteiger partial charge in [0.2, 0.25) is 0 Å². The van der Waals surface area contributed by atoms with Crippen molar-refractivity contribution < 1.29 is 13.6 Å². The van der Waals surface area contributed by atoms with Crippen LogP contribution in [0.3, 0.4) is 0 Å². The molecule has 1 N–H and O–H groups in total. The number of hydrogen-bond acceptors (Lipinski definition) is 4. The number of halogens is 2. The molecule has 2 heterocycles. The maximum atomic E-state index is 13.4. The third kappa shape index (κ3) is 4.65. The highest BCUT2D eigenvalue weighted by molar-refractivity contribution is 7.17. The molecule has 4 nitrogen and oxygen atoms in total. The van der Waals surface area contributed by atoms with Crippen LogP contribution < -0.4 is 5.32 Å². The summed E-state index contributed by atoms with van der Waals surface area (Å²) in [6.45, 7) is 5.86. The zero-order valence-electron chi connectivity index (χ0n) is 14.9. The van der Waals surface area contributed by atoms with Gasteiger partial charge >= 0.3 is 0 Å². The molecule has 1 aromatic heterocycles. The highest BCUT2D eigenvalue weighted by atomic mass is 32.1. The Morgan fingerprint density at radius 1 is 1.23 bits per heavy atom. The summed E-state index contributed by atoms with van der Waals surface area (Å²) in [6.07, 6.45) is 4.60. The van der Waals surface area contributed by atoms with Gasteiger partial charge in [0.25, 0.3) is 5.91 Å². The molecule has 0 unspecified atom stereocenters. The van der Waals surface area contributed by atoms with E-state index in [9.17, 15) is 13.6 Å². The Morgan fingerprint density at radius 3 is 2.73 bits per heavy atom. The van der Waals surface area contributed by atoms with E-state index < -0.39 is 11.6 Å². The Balaban J connectivity index is 1.52. The second-order valence-electron chi connectivity index (χ2n) is 6.57. The van der Waals surface area contributed by atoms with Gasteiger partial charge in [0.15, 0.2) is 11.6 Å². The minimum atomic E-state index is -0.917. The molecule has 1 amide bonds. The van der Waals surface area contributed by atoms with Crippen molar-refractivity contribution in [1.29, 1.82) is 0 Å². The van der Waals surface area contributed by atoms with Crippen LogP contribution in [-0.4, -0.2) is 42.0 Å². The van der Waals surface area contributed by atoms with Crippen LogP contribution in [0.15, 0.2) is 18.2 Å². The topological polar surface area (TPSA) is 45.2 Å². The number of rotatable bonds is 7. The molecule has 1 aromatic carbocycles. The summed E-state index contributed by atoms with van der Waals surface area (Å²) in [4.78, 5) is 19.7. The number of benzene rings is 1. The molecule has 0 aliphatic carbocycles. The van der Waals surface area contributed by atoms with Gasteiger partial charge in [0.05, 0.1) is 5.69 Å². The van der Waals surface area contributed by atoms with Crippen molar-refractivity contribution in [3.8, 4) is 10.6 Å². The van der Waals surface area contributed by atoms with Gasteiger partial charge in [-0.25, -0.2) is 13.8 Å². The molecule has 1 aliphatic heterocycles. The number of carbonyl (C=O) groups is 1. The number of aromatic nitrogens is 1. The smallest absolute Gasteiger partial charge is 0.263 e. The second-order valence-corrected chi connectivity index (χ2v) is 7.57. The number of likely N-dealkylation sites (tertiary alicyclic amines) is 1. The maximum absolute atomic E-state index is 13.4. The molecule has 0 saturated carbocycles. The Labute approximate surface area is 156 Å². The van der Waals surface area contributed by atoms with Crippen LogP contribution in [0.4, 0.5) is 8.78 Å². The summed E-state index contributed by atoms with van der Waals surface area (Å²) in [5.41, 5.74) is 1.07. The van der Waals surface area contributed by atoms with Crippen LogP contribution in [0.2, 0.25) is 0 Å². The molecular weight excluding hydrogens is 356 g/mol. The molecule has 0 atom stereocenters. The van der Waals surface area contributed by atoms with Crippen molar-refractivity contribution in [2.45, 2.75) is 32.6 Å². The molecule has 0 bridgehead atoms. The van der Waals surface area contributed by atoms with Crippen molar-refractivity contribution >= 4 is 17.2 Å². The Hall–Kier alpha value is -1.86. The quantitative estimate of drug-likeness (QED) is 0.740. The SMILES string of the molecule is Cc1nc(-c2ccc(F)c(F)c2)sc1C(=O)NCCCCN1CCCC1. The van der Waals surface area contributed by atoms with Gasteiger partial charge in [-0.2, -0.15) is 0 Å². The lowest BCUT2D eigenvalue weighted by molar-refractivity contribution is 0.0956. The number of hydrogen-bond donors (Lipinski definition) is 1. The van der Waals surface area contributed by atoms with Gasteiger partial charge in [0, 0.05) is 12.1 Å². The van der Waals surface area contributed by atoms with Crippen molar-refractivity contribution in [2.75, 3.05) is 26.2 Å². The zero-order chi connectivity index (χ0) is 18.5. The van der Waals surface area contributed by atoms with Gasteiger partial charge in [-0.05, 0) is 70.4 Å². The fraction of sp³-hybridized carbons (Fsp3) is 0.474. The predicted octanol–water partition coefficient (Wildman–Crippen LogP) is 4.00. The maximum Gasteiger partial charge on any atom is 0.263 e. The van der Waals surface area contributed by atoms with Crippen molar-refractivity contribution in [2.24, 2.45) is 0 Å². The number of aryl methyl sites for hydroxylation is 1. The fourth-order valence-corrected chi connectivity index (χ4v) is 4.09. The first-order valence-electron chi connectivity index (χ1n) is 8.98. The highest BCUT2D eigenvalue weighted by Crippen LogP contribution is 2.28. The Kier molecular flexibility index (Phi) is 6.32. The molecule has 1 fully saturated rings. The van der Waals surface area contributed by atoms with E-state index in [1.807, 2.05) is 0 Å². The molecule has 1 aliphatic rings. The summed E-state index contributed by atoms with van der Waals surface area (Å²) < 4.78 is 26.5. The average Bonchev–Trinajstić information content (AvgIpc) is 3.26. The van der Waals surface area contributed by atoms with E-state index >= 15 is 0 Å². The fourth-order valence-electron chi connectivity index (χ4n) is 3.11. The predicted molar refractivity (Wildman–Crippen MR) is 99.4 cm³/mol. The summed E-state index contributed by atoms with van der Waals surface area (Å²) in [6, 6.07) is 3.64. The molecule has 0 radical (unpaired) electrons. The molecule has 140 valence electrons. The minimum absolute atomic E-state index is 0.157. The van der Waals surface area contributed by atoms with E-state index in [0.717, 1.165) is 31.5 Å². The normalized spacial score (nSPS) is 14.7. The summed E-state index contributed by atoms with van der Waals surface area (Å²) in [5, 5.41) is 3.44. The number of nitrogens with one attached hydrogen (secondary N) is 1. The van der Waals surface area contributed by atoms with E-state index in [-0.39, 0.29) is 5.91 Å². The molecule has 2 aromatic rings. The van der Waals surface area contributed by atoms with Crippen LogP contribution in [0.25, 0.3) is 10.6 Å².